The first kappa shape index (κ1) is 25.0. The third-order valence-electron chi connectivity index (χ3n) is 6.52. The Morgan fingerprint density at radius 2 is 1.94 bits per heavy atom. The maximum atomic E-state index is 13.3. The fourth-order valence-electron chi connectivity index (χ4n) is 4.59. The molecule has 1 aromatic heterocycles. The summed E-state index contributed by atoms with van der Waals surface area (Å²) in [6.45, 7) is 9.44. The molecule has 1 atom stereocenters. The highest BCUT2D eigenvalue weighted by molar-refractivity contribution is 6.30. The minimum atomic E-state index is -0.711. The second-order valence-electron chi connectivity index (χ2n) is 9.46. The van der Waals surface area contributed by atoms with Crippen LogP contribution in [-0.2, 0) is 22.6 Å². The lowest BCUT2D eigenvalue weighted by atomic mass is 9.96. The van der Waals surface area contributed by atoms with Gasteiger partial charge < -0.3 is 19.3 Å². The Labute approximate surface area is 207 Å². The lowest BCUT2D eigenvalue weighted by molar-refractivity contribution is -0.157. The molecule has 0 aliphatic carbocycles. The number of ether oxygens (including phenoxy) is 2. The zero-order valence-corrected chi connectivity index (χ0v) is 21.0. The number of carbonyl (C=O) groups excluding carboxylic acids is 1. The number of hydrogen-bond donors (Lipinski definition) is 0. The highest BCUT2D eigenvalue weighted by Gasteiger charge is 2.41. The van der Waals surface area contributed by atoms with E-state index in [1.807, 2.05) is 27.9 Å². The van der Waals surface area contributed by atoms with Crippen molar-refractivity contribution in [1.82, 2.24) is 24.5 Å². The smallest absolute Gasteiger partial charge is 0.225 e. The Morgan fingerprint density at radius 3 is 2.68 bits per heavy atom. The van der Waals surface area contributed by atoms with Gasteiger partial charge in [0.15, 0.2) is 0 Å². The zero-order chi connectivity index (χ0) is 24.0. The summed E-state index contributed by atoms with van der Waals surface area (Å²) in [5.41, 5.74) is 0.464. The van der Waals surface area contributed by atoms with Gasteiger partial charge in [-0.1, -0.05) is 18.5 Å². The second kappa shape index (κ2) is 11.5. The third kappa shape index (κ3) is 6.72. The van der Waals surface area contributed by atoms with E-state index in [9.17, 15) is 4.79 Å². The topological polar surface area (TPSA) is 63.1 Å². The predicted octanol–water partition coefficient (Wildman–Crippen LogP) is 2.76. The number of carbonyl (C=O) groups is 1. The number of morpholine rings is 1. The monoisotopic (exact) mass is 489 g/mol. The molecule has 1 aromatic carbocycles. The van der Waals surface area contributed by atoms with E-state index in [4.69, 9.17) is 21.1 Å². The van der Waals surface area contributed by atoms with E-state index in [0.717, 1.165) is 58.0 Å². The largest absolute Gasteiger partial charge is 0.491 e. The van der Waals surface area contributed by atoms with Crippen molar-refractivity contribution in [2.24, 2.45) is 0 Å². The maximum absolute atomic E-state index is 13.3. The Morgan fingerprint density at radius 1 is 1.18 bits per heavy atom. The molecule has 1 amide bonds. The number of halogens is 1. The molecule has 2 saturated heterocycles. The molecule has 0 unspecified atom stereocenters. The molecule has 0 radical (unpaired) electrons. The molecule has 9 heteroatoms. The summed E-state index contributed by atoms with van der Waals surface area (Å²) in [5, 5.41) is 5.13. The Hall–Kier alpha value is -2.13. The molecule has 8 nitrogen and oxygen atoms in total. The number of amides is 1. The van der Waals surface area contributed by atoms with Crippen LogP contribution in [0.3, 0.4) is 0 Å². The van der Waals surface area contributed by atoms with Crippen LogP contribution in [0.1, 0.15) is 25.3 Å². The van der Waals surface area contributed by atoms with E-state index in [2.05, 4.69) is 35.1 Å². The molecule has 2 aliphatic rings. The molecule has 0 spiro atoms. The highest BCUT2D eigenvalue weighted by Crippen LogP contribution is 2.27. The first-order valence-corrected chi connectivity index (χ1v) is 12.5. The molecular formula is C25H36ClN5O3. The molecule has 0 saturated carbocycles. The van der Waals surface area contributed by atoms with Crippen LogP contribution in [0.4, 0.5) is 0 Å². The maximum Gasteiger partial charge on any atom is 0.225 e. The summed E-state index contributed by atoms with van der Waals surface area (Å²) in [4.78, 5) is 19.9. The second-order valence-corrected chi connectivity index (χ2v) is 9.89. The lowest BCUT2D eigenvalue weighted by Crippen LogP contribution is -2.58. The van der Waals surface area contributed by atoms with E-state index >= 15 is 0 Å². The quantitative estimate of drug-likeness (QED) is 0.539. The van der Waals surface area contributed by atoms with Gasteiger partial charge in [-0.15, -0.1) is 0 Å². The van der Waals surface area contributed by atoms with Crippen LogP contribution >= 0.6 is 11.6 Å². The average Bonchev–Trinajstić information content (AvgIpc) is 3.26. The van der Waals surface area contributed by atoms with Crippen molar-refractivity contribution in [3.63, 3.8) is 0 Å². The van der Waals surface area contributed by atoms with E-state index in [-0.39, 0.29) is 5.91 Å². The van der Waals surface area contributed by atoms with Crippen LogP contribution in [0.2, 0.25) is 5.02 Å². The highest BCUT2D eigenvalue weighted by atomic mass is 35.5. The van der Waals surface area contributed by atoms with Crippen molar-refractivity contribution in [2.75, 3.05) is 59.5 Å². The number of nitrogens with zero attached hydrogens (tertiary/aromatic N) is 5. The first-order valence-electron chi connectivity index (χ1n) is 12.2. The van der Waals surface area contributed by atoms with Crippen LogP contribution in [-0.4, -0.2) is 95.5 Å². The normalized spacial score (nSPS) is 22.1. The van der Waals surface area contributed by atoms with Crippen LogP contribution < -0.4 is 4.74 Å². The fraction of sp³-hybridized carbons (Fsp3) is 0.600. The van der Waals surface area contributed by atoms with Crippen molar-refractivity contribution in [3.8, 4) is 5.75 Å². The van der Waals surface area contributed by atoms with Gasteiger partial charge in [-0.2, -0.15) is 5.10 Å². The number of likely N-dealkylation sites (N-methyl/N-ethyl adjacent to an activating group) is 1. The molecule has 2 fully saturated rings. The van der Waals surface area contributed by atoms with Gasteiger partial charge in [0.2, 0.25) is 5.91 Å². The third-order valence-corrected chi connectivity index (χ3v) is 6.77. The predicted molar refractivity (Wildman–Crippen MR) is 132 cm³/mol. The summed E-state index contributed by atoms with van der Waals surface area (Å²) >= 11 is 6.02. The minimum absolute atomic E-state index is 0.130. The summed E-state index contributed by atoms with van der Waals surface area (Å²) in [5.74, 6) is 0.850. The summed E-state index contributed by atoms with van der Waals surface area (Å²) in [7, 11) is 2.09. The average molecular weight is 490 g/mol. The van der Waals surface area contributed by atoms with Crippen LogP contribution in [0.15, 0.2) is 36.7 Å². The van der Waals surface area contributed by atoms with Gasteiger partial charge >= 0.3 is 0 Å². The van der Waals surface area contributed by atoms with Crippen LogP contribution in [0.25, 0.3) is 0 Å². The number of aryl methyl sites for hydroxylation is 1. The van der Waals surface area contributed by atoms with Crippen LogP contribution in [0.5, 0.6) is 5.75 Å². The summed E-state index contributed by atoms with van der Waals surface area (Å²) in [6.07, 6.45) is 5.40. The Balaban J connectivity index is 1.45. The van der Waals surface area contributed by atoms with Gasteiger partial charge in [0.05, 0.1) is 19.2 Å². The van der Waals surface area contributed by atoms with Crippen molar-refractivity contribution in [1.29, 1.82) is 0 Å². The van der Waals surface area contributed by atoms with Crippen molar-refractivity contribution < 1.29 is 14.3 Å². The first-order chi connectivity index (χ1) is 16.4. The number of hydrogen-bond acceptors (Lipinski definition) is 6. The molecule has 4 rings (SSSR count). The molecule has 2 aliphatic heterocycles. The molecule has 3 heterocycles. The van der Waals surface area contributed by atoms with Gasteiger partial charge in [-0.3, -0.25) is 14.4 Å². The van der Waals surface area contributed by atoms with E-state index < -0.39 is 5.60 Å². The number of aromatic nitrogens is 2. The van der Waals surface area contributed by atoms with Crippen LogP contribution in [0, 0.1) is 0 Å². The molecule has 34 heavy (non-hydrogen) atoms. The summed E-state index contributed by atoms with van der Waals surface area (Å²) < 4.78 is 14.5. The standard InChI is InChI=1S/C25H36ClN5O3/c1-3-8-31-18-21(16-27-31)17-29-13-14-34-25(19-29,20-33-23-6-4-22(26)5-7-23)15-24(32)30-11-9-28(2)10-12-30/h4-7,16,18H,3,8-15,17,19-20H2,1-2H3/t25-/m1/s1. The minimum Gasteiger partial charge on any atom is -0.491 e. The number of benzene rings is 1. The van der Waals surface area contributed by atoms with Gasteiger partial charge in [0.25, 0.3) is 0 Å². The molecule has 0 N–H and O–H groups in total. The molecule has 2 aromatic rings. The fourth-order valence-corrected chi connectivity index (χ4v) is 4.72. The SMILES string of the molecule is CCCn1cc(CN2CCO[C@](COc3ccc(Cl)cc3)(CC(=O)N3CCN(C)CC3)C2)cn1. The van der Waals surface area contributed by atoms with Gasteiger partial charge in [0.1, 0.15) is 18.0 Å². The van der Waals surface area contributed by atoms with Gasteiger partial charge in [0, 0.05) is 69.1 Å². The van der Waals surface area contributed by atoms with E-state index in [1.165, 1.54) is 5.56 Å². The summed E-state index contributed by atoms with van der Waals surface area (Å²) in [6, 6.07) is 7.31. The van der Waals surface area contributed by atoms with Gasteiger partial charge in [-0.25, -0.2) is 0 Å². The van der Waals surface area contributed by atoms with E-state index in [0.29, 0.717) is 31.2 Å². The number of rotatable bonds is 9. The van der Waals surface area contributed by atoms with Gasteiger partial charge in [-0.05, 0) is 37.7 Å². The van der Waals surface area contributed by atoms with Crippen molar-refractivity contribution in [3.05, 3.63) is 47.2 Å². The zero-order valence-electron chi connectivity index (χ0n) is 20.3. The lowest BCUT2D eigenvalue weighted by Gasteiger charge is -2.43. The van der Waals surface area contributed by atoms with E-state index in [1.54, 1.807) is 12.1 Å². The van der Waals surface area contributed by atoms with Crippen molar-refractivity contribution in [2.45, 2.75) is 38.5 Å². The Bertz CT molecular complexity index is 929. The molecule has 186 valence electrons. The molecule has 0 bridgehead atoms. The molecular weight excluding hydrogens is 454 g/mol. The Kier molecular flexibility index (Phi) is 8.47. The number of piperazine rings is 1. The van der Waals surface area contributed by atoms with Crippen molar-refractivity contribution >= 4 is 17.5 Å².